The van der Waals surface area contributed by atoms with Crippen molar-refractivity contribution in [2.75, 3.05) is 38.6 Å². The smallest absolute Gasteiger partial charge is 0.270 e. The number of hydrogen-bond acceptors (Lipinski definition) is 6. The maximum atomic E-state index is 12.3. The lowest BCUT2D eigenvalue weighted by atomic mass is 10.0. The van der Waals surface area contributed by atoms with E-state index in [0.717, 1.165) is 49.7 Å². The Morgan fingerprint density at radius 3 is 2.84 bits per heavy atom. The number of methoxy groups -OCH3 is 1. The molecule has 0 radical (unpaired) electrons. The molecule has 0 spiro atoms. The Balaban J connectivity index is 1.91. The molecule has 2 aliphatic rings. The molecule has 1 aromatic heterocycles. The predicted molar refractivity (Wildman–Crippen MR) is 96.9 cm³/mol. The van der Waals surface area contributed by atoms with Crippen LogP contribution in [-0.4, -0.2) is 66.2 Å². The molecule has 0 aliphatic carbocycles. The molecule has 3 rings (SSSR count). The first-order chi connectivity index (χ1) is 12.0. The maximum Gasteiger partial charge on any atom is 0.270 e. The summed E-state index contributed by atoms with van der Waals surface area (Å²) >= 11 is 0. The number of anilines is 1. The fraction of sp³-hybridized carbons (Fsp3) is 0.722. The fourth-order valence-electron chi connectivity index (χ4n) is 3.58. The summed E-state index contributed by atoms with van der Waals surface area (Å²) < 4.78 is 5.66. The Kier molecular flexibility index (Phi) is 5.54. The van der Waals surface area contributed by atoms with Crippen LogP contribution in [0.4, 0.5) is 5.82 Å². The van der Waals surface area contributed by atoms with Crippen molar-refractivity contribution in [1.82, 2.24) is 20.2 Å². The Hall–Kier alpha value is -1.73. The summed E-state index contributed by atoms with van der Waals surface area (Å²) in [5.41, 5.74) is 1.46. The molecule has 3 heterocycles. The Morgan fingerprint density at radius 1 is 1.36 bits per heavy atom. The topological polar surface area (TPSA) is 79.4 Å². The van der Waals surface area contributed by atoms with E-state index in [4.69, 9.17) is 9.72 Å². The van der Waals surface area contributed by atoms with Crippen molar-refractivity contribution < 1.29 is 9.53 Å². The second-order valence-electron chi connectivity index (χ2n) is 7.30. The van der Waals surface area contributed by atoms with Crippen molar-refractivity contribution in [1.29, 1.82) is 0 Å². The maximum absolute atomic E-state index is 12.3. The van der Waals surface area contributed by atoms with Gasteiger partial charge in [-0.25, -0.2) is 9.97 Å². The predicted octanol–water partition coefficient (Wildman–Crippen LogP) is 1.09. The number of rotatable bonds is 6. The van der Waals surface area contributed by atoms with Crippen LogP contribution in [0.25, 0.3) is 0 Å². The van der Waals surface area contributed by atoms with Crippen LogP contribution in [0.2, 0.25) is 0 Å². The third-order valence-corrected chi connectivity index (χ3v) is 4.93. The number of nitrogens with zero attached hydrogens (tertiary/aromatic N) is 3. The van der Waals surface area contributed by atoms with Gasteiger partial charge in [-0.05, 0) is 18.9 Å². The number of likely N-dealkylation sites (tertiary alicyclic amines) is 1. The summed E-state index contributed by atoms with van der Waals surface area (Å²) in [4.78, 5) is 23.9. The van der Waals surface area contributed by atoms with Gasteiger partial charge in [-0.1, -0.05) is 20.8 Å². The molecule has 1 saturated heterocycles. The second-order valence-corrected chi connectivity index (χ2v) is 7.30. The summed E-state index contributed by atoms with van der Waals surface area (Å²) in [6.07, 6.45) is 1.64. The summed E-state index contributed by atoms with van der Waals surface area (Å²) in [5.74, 6) is 1.88. The highest BCUT2D eigenvalue weighted by Gasteiger charge is 2.34. The fourth-order valence-corrected chi connectivity index (χ4v) is 3.58. The summed E-state index contributed by atoms with van der Waals surface area (Å²) in [5, 5.41) is 6.46. The van der Waals surface area contributed by atoms with E-state index in [1.165, 1.54) is 0 Å². The third-order valence-electron chi connectivity index (χ3n) is 4.93. The number of aromatic nitrogens is 2. The van der Waals surface area contributed by atoms with E-state index in [-0.39, 0.29) is 18.1 Å². The molecule has 7 heteroatoms. The number of hydrogen-bond donors (Lipinski definition) is 2. The molecule has 0 saturated carbocycles. The first-order valence-corrected chi connectivity index (χ1v) is 9.21. The van der Waals surface area contributed by atoms with Crippen molar-refractivity contribution in [3.63, 3.8) is 0 Å². The van der Waals surface area contributed by atoms with Gasteiger partial charge in [0.05, 0.1) is 12.1 Å². The zero-order chi connectivity index (χ0) is 18.0. The van der Waals surface area contributed by atoms with E-state index in [1.54, 1.807) is 7.11 Å². The average molecular weight is 347 g/mol. The van der Waals surface area contributed by atoms with E-state index < -0.39 is 0 Å². The summed E-state index contributed by atoms with van der Waals surface area (Å²) in [7, 11) is 1.76. The lowest BCUT2D eigenvalue weighted by Gasteiger charge is -2.24. The van der Waals surface area contributed by atoms with Gasteiger partial charge in [0.25, 0.3) is 5.91 Å². The zero-order valence-electron chi connectivity index (χ0n) is 15.6. The van der Waals surface area contributed by atoms with Crippen LogP contribution in [0, 0.1) is 5.92 Å². The molecular weight excluding hydrogens is 318 g/mol. The van der Waals surface area contributed by atoms with E-state index in [2.05, 4.69) is 41.3 Å². The normalized spacial score (nSPS) is 23.6. The average Bonchev–Trinajstić information content (AvgIpc) is 2.97. The Labute approximate surface area is 149 Å². The molecule has 7 nitrogen and oxygen atoms in total. The monoisotopic (exact) mass is 347 g/mol. The molecule has 0 aromatic carbocycles. The van der Waals surface area contributed by atoms with Gasteiger partial charge in [-0.15, -0.1) is 0 Å². The van der Waals surface area contributed by atoms with Gasteiger partial charge >= 0.3 is 0 Å². The minimum atomic E-state index is -0.0957. The number of carbonyl (C=O) groups excluding carboxylic acids is 1. The zero-order valence-corrected chi connectivity index (χ0v) is 15.6. The minimum absolute atomic E-state index is 0.0957. The van der Waals surface area contributed by atoms with E-state index in [9.17, 15) is 4.79 Å². The van der Waals surface area contributed by atoms with Crippen molar-refractivity contribution in [2.45, 2.75) is 45.8 Å². The van der Waals surface area contributed by atoms with Gasteiger partial charge in [-0.2, -0.15) is 0 Å². The highest BCUT2D eigenvalue weighted by Crippen LogP contribution is 2.24. The molecule has 138 valence electrons. The van der Waals surface area contributed by atoms with E-state index >= 15 is 0 Å². The van der Waals surface area contributed by atoms with Crippen molar-refractivity contribution in [2.24, 2.45) is 5.92 Å². The molecule has 2 atom stereocenters. The lowest BCUT2D eigenvalue weighted by molar-refractivity contribution is 0.0939. The second kappa shape index (κ2) is 7.66. The van der Waals surface area contributed by atoms with Crippen LogP contribution in [0.5, 0.6) is 0 Å². The molecular formula is C18H29N5O2. The minimum Gasteiger partial charge on any atom is -0.378 e. The van der Waals surface area contributed by atoms with Crippen LogP contribution in [0.3, 0.4) is 0 Å². The highest BCUT2D eigenvalue weighted by molar-refractivity contribution is 5.96. The van der Waals surface area contributed by atoms with Crippen LogP contribution in [-0.2, 0) is 17.6 Å². The molecule has 0 unspecified atom stereocenters. The Morgan fingerprint density at radius 2 is 2.16 bits per heavy atom. The molecule has 2 N–H and O–H groups in total. The lowest BCUT2D eigenvalue weighted by Crippen LogP contribution is -2.37. The molecule has 25 heavy (non-hydrogen) atoms. The van der Waals surface area contributed by atoms with Gasteiger partial charge in [0, 0.05) is 38.7 Å². The number of likely N-dealkylation sites (N-methyl/N-ethyl adjacent to an activating group) is 1. The van der Waals surface area contributed by atoms with Crippen LogP contribution < -0.4 is 10.6 Å². The highest BCUT2D eigenvalue weighted by atomic mass is 16.5. The van der Waals surface area contributed by atoms with Crippen molar-refractivity contribution in [3.8, 4) is 0 Å². The number of fused-ring (bicyclic) bond motifs is 1. The number of carbonyl (C=O) groups is 1. The standard InChI is InChI=1S/C18H29N5O2/c1-5-23-9-13(14(10-23)25-4)20-17-12-6-7-19-18(24)16(12)21-15(22-17)8-11(2)3/h11,13-14H,5-10H2,1-4H3,(H,19,24)(H,20,21,22)/t13-,14-/m0/s1. The van der Waals surface area contributed by atoms with Gasteiger partial charge < -0.3 is 15.4 Å². The third kappa shape index (κ3) is 3.93. The largest absolute Gasteiger partial charge is 0.378 e. The number of ether oxygens (including phenoxy) is 1. The van der Waals surface area contributed by atoms with Gasteiger partial charge in [0.15, 0.2) is 0 Å². The van der Waals surface area contributed by atoms with Gasteiger partial charge in [0.2, 0.25) is 0 Å². The van der Waals surface area contributed by atoms with Crippen LogP contribution in [0.15, 0.2) is 0 Å². The summed E-state index contributed by atoms with van der Waals surface area (Å²) in [6.45, 7) is 9.89. The molecule has 1 fully saturated rings. The molecule has 2 aliphatic heterocycles. The Bertz CT molecular complexity index is 634. The van der Waals surface area contributed by atoms with Gasteiger partial charge in [-0.3, -0.25) is 9.69 Å². The SMILES string of the molecule is CCN1C[C@H](Nc2nc(CC(C)C)nc3c2CCNC3=O)[C@@H](OC)C1. The van der Waals surface area contributed by atoms with E-state index in [0.29, 0.717) is 18.2 Å². The van der Waals surface area contributed by atoms with E-state index in [1.807, 2.05) is 0 Å². The number of amides is 1. The number of nitrogens with one attached hydrogen (secondary N) is 2. The quantitative estimate of drug-likeness (QED) is 0.802. The molecule has 0 bridgehead atoms. The first kappa shape index (κ1) is 18.1. The van der Waals surface area contributed by atoms with Gasteiger partial charge in [0.1, 0.15) is 17.3 Å². The van der Waals surface area contributed by atoms with Crippen LogP contribution >= 0.6 is 0 Å². The van der Waals surface area contributed by atoms with Crippen molar-refractivity contribution in [3.05, 3.63) is 17.1 Å². The van der Waals surface area contributed by atoms with Crippen molar-refractivity contribution >= 4 is 11.7 Å². The first-order valence-electron chi connectivity index (χ1n) is 9.21. The summed E-state index contributed by atoms with van der Waals surface area (Å²) in [6, 6.07) is 0.167. The molecule has 1 aromatic rings. The van der Waals surface area contributed by atoms with Crippen LogP contribution in [0.1, 0.15) is 42.6 Å². The molecule has 1 amide bonds.